The molecule has 3 aromatic rings. The van der Waals surface area contributed by atoms with E-state index >= 15 is 0 Å². The Kier molecular flexibility index (Phi) is 3.72. The minimum Gasteiger partial charge on any atom is -0.460 e. The van der Waals surface area contributed by atoms with Crippen LogP contribution in [0.25, 0.3) is 11.5 Å². The van der Waals surface area contributed by atoms with Crippen molar-refractivity contribution in [2.45, 2.75) is 19.3 Å². The van der Waals surface area contributed by atoms with Gasteiger partial charge in [0.1, 0.15) is 17.3 Å². The predicted molar refractivity (Wildman–Crippen MR) is 88.2 cm³/mol. The molecule has 0 amide bonds. The highest BCUT2D eigenvalue weighted by Crippen LogP contribution is 2.30. The van der Waals surface area contributed by atoms with Gasteiger partial charge in [0.15, 0.2) is 5.76 Å². The molecule has 6 heteroatoms. The maximum Gasteiger partial charge on any atom is 0.246 e. The maximum absolute atomic E-state index is 13.1. The zero-order valence-electron chi connectivity index (χ0n) is 13.3. The molecule has 0 spiro atoms. The number of hydrogen-bond donors (Lipinski definition) is 0. The first kappa shape index (κ1) is 14.8. The van der Waals surface area contributed by atoms with E-state index in [0.717, 1.165) is 30.8 Å². The fourth-order valence-corrected chi connectivity index (χ4v) is 3.07. The monoisotopic (exact) mass is 324 g/mol. The molecule has 0 aliphatic carbocycles. The molecule has 2 aromatic heterocycles. The van der Waals surface area contributed by atoms with Crippen molar-refractivity contribution in [3.05, 3.63) is 59.7 Å². The third-order valence-corrected chi connectivity index (χ3v) is 4.35. The number of benzene rings is 1. The van der Waals surface area contributed by atoms with Crippen molar-refractivity contribution in [3.63, 3.8) is 0 Å². The molecule has 1 fully saturated rings. The molecule has 0 saturated carbocycles. The Bertz CT molecular complexity index is 846. The van der Waals surface area contributed by atoms with Gasteiger partial charge in [0.2, 0.25) is 5.95 Å². The standard InChI is InChI=1S/C18H17FN4O/c1-12-2-7-17(24-12)16-10-20-22-18(21-16)23-9-8-14(11-23)13-3-5-15(19)6-4-13/h2-7,10,14H,8-9,11H2,1H3. The van der Waals surface area contributed by atoms with Gasteiger partial charge in [-0.15, -0.1) is 5.10 Å². The smallest absolute Gasteiger partial charge is 0.246 e. The Hall–Kier alpha value is -2.76. The van der Waals surface area contributed by atoms with Gasteiger partial charge >= 0.3 is 0 Å². The molecule has 1 saturated heterocycles. The number of anilines is 1. The highest BCUT2D eigenvalue weighted by Gasteiger charge is 2.26. The Morgan fingerprint density at radius 2 is 2.00 bits per heavy atom. The number of furan rings is 1. The molecule has 1 aromatic carbocycles. The highest BCUT2D eigenvalue weighted by atomic mass is 19.1. The maximum atomic E-state index is 13.1. The summed E-state index contributed by atoms with van der Waals surface area (Å²) >= 11 is 0. The average Bonchev–Trinajstić information content (AvgIpc) is 3.25. The van der Waals surface area contributed by atoms with Gasteiger partial charge in [-0.1, -0.05) is 12.1 Å². The molecular formula is C18H17FN4O. The van der Waals surface area contributed by atoms with Crippen LogP contribution in [-0.4, -0.2) is 28.3 Å². The van der Waals surface area contributed by atoms with Crippen molar-refractivity contribution in [1.82, 2.24) is 15.2 Å². The molecule has 5 nitrogen and oxygen atoms in total. The number of halogens is 1. The average molecular weight is 324 g/mol. The fourth-order valence-electron chi connectivity index (χ4n) is 3.07. The van der Waals surface area contributed by atoms with E-state index in [2.05, 4.69) is 20.1 Å². The van der Waals surface area contributed by atoms with Crippen LogP contribution in [0.1, 0.15) is 23.7 Å². The lowest BCUT2D eigenvalue weighted by Gasteiger charge is -2.16. The van der Waals surface area contributed by atoms with Gasteiger partial charge in [0.25, 0.3) is 0 Å². The number of nitrogens with zero attached hydrogens (tertiary/aromatic N) is 4. The second-order valence-corrected chi connectivity index (χ2v) is 6.04. The molecule has 24 heavy (non-hydrogen) atoms. The van der Waals surface area contributed by atoms with E-state index in [4.69, 9.17) is 4.42 Å². The van der Waals surface area contributed by atoms with Crippen molar-refractivity contribution < 1.29 is 8.81 Å². The van der Waals surface area contributed by atoms with Crippen LogP contribution in [0.4, 0.5) is 10.3 Å². The van der Waals surface area contributed by atoms with Gasteiger partial charge in [-0.05, 0) is 43.2 Å². The van der Waals surface area contributed by atoms with Crippen molar-refractivity contribution >= 4 is 5.95 Å². The molecule has 1 atom stereocenters. The first-order valence-electron chi connectivity index (χ1n) is 7.96. The summed E-state index contributed by atoms with van der Waals surface area (Å²) in [6.07, 6.45) is 2.59. The lowest BCUT2D eigenvalue weighted by molar-refractivity contribution is 0.545. The third kappa shape index (κ3) is 2.87. The Morgan fingerprint density at radius 1 is 1.17 bits per heavy atom. The van der Waals surface area contributed by atoms with E-state index in [1.807, 2.05) is 31.2 Å². The topological polar surface area (TPSA) is 55.1 Å². The molecule has 0 bridgehead atoms. The lowest BCUT2D eigenvalue weighted by atomic mass is 9.99. The zero-order valence-corrected chi connectivity index (χ0v) is 13.3. The van der Waals surface area contributed by atoms with E-state index in [1.165, 1.54) is 12.1 Å². The third-order valence-electron chi connectivity index (χ3n) is 4.35. The van der Waals surface area contributed by atoms with E-state index in [1.54, 1.807) is 6.20 Å². The van der Waals surface area contributed by atoms with Gasteiger partial charge in [-0.2, -0.15) is 5.10 Å². The van der Waals surface area contributed by atoms with Crippen molar-refractivity contribution in [2.24, 2.45) is 0 Å². The molecule has 1 aliphatic heterocycles. The molecular weight excluding hydrogens is 307 g/mol. The van der Waals surface area contributed by atoms with E-state index in [9.17, 15) is 4.39 Å². The highest BCUT2D eigenvalue weighted by molar-refractivity contribution is 5.53. The van der Waals surface area contributed by atoms with Crippen LogP contribution in [0.2, 0.25) is 0 Å². The van der Waals surface area contributed by atoms with Gasteiger partial charge in [0.05, 0.1) is 6.20 Å². The van der Waals surface area contributed by atoms with Crippen LogP contribution in [0.15, 0.2) is 47.0 Å². The summed E-state index contributed by atoms with van der Waals surface area (Å²) in [6.45, 7) is 3.55. The molecule has 1 unspecified atom stereocenters. The number of aryl methyl sites for hydroxylation is 1. The van der Waals surface area contributed by atoms with Gasteiger partial charge in [0, 0.05) is 19.0 Å². The van der Waals surface area contributed by atoms with Crippen LogP contribution in [0.5, 0.6) is 0 Å². The van der Waals surface area contributed by atoms with E-state index < -0.39 is 0 Å². The largest absolute Gasteiger partial charge is 0.460 e. The first-order chi connectivity index (χ1) is 11.7. The number of rotatable bonds is 3. The normalized spacial score (nSPS) is 17.4. The number of hydrogen-bond acceptors (Lipinski definition) is 5. The van der Waals surface area contributed by atoms with E-state index in [0.29, 0.717) is 23.3 Å². The summed E-state index contributed by atoms with van der Waals surface area (Å²) in [7, 11) is 0. The lowest BCUT2D eigenvalue weighted by Crippen LogP contribution is -2.22. The van der Waals surface area contributed by atoms with E-state index in [-0.39, 0.29) is 5.82 Å². The molecule has 1 aliphatic rings. The second kappa shape index (κ2) is 6.03. The quantitative estimate of drug-likeness (QED) is 0.737. The Balaban J connectivity index is 1.54. The number of aromatic nitrogens is 3. The minimum atomic E-state index is -0.206. The van der Waals surface area contributed by atoms with Crippen LogP contribution >= 0.6 is 0 Å². The van der Waals surface area contributed by atoms with Gasteiger partial charge < -0.3 is 9.32 Å². The summed E-state index contributed by atoms with van der Waals surface area (Å²) in [4.78, 5) is 6.69. The summed E-state index contributed by atoms with van der Waals surface area (Å²) in [5, 5.41) is 8.22. The second-order valence-electron chi connectivity index (χ2n) is 6.04. The van der Waals surface area contributed by atoms with Gasteiger partial charge in [-0.25, -0.2) is 9.37 Å². The summed E-state index contributed by atoms with van der Waals surface area (Å²) in [5.74, 6) is 2.28. The van der Waals surface area contributed by atoms with Crippen LogP contribution in [0.3, 0.4) is 0 Å². The predicted octanol–water partition coefficient (Wildman–Crippen LogP) is 3.57. The van der Waals surface area contributed by atoms with Crippen LogP contribution < -0.4 is 4.90 Å². The van der Waals surface area contributed by atoms with Crippen molar-refractivity contribution in [3.8, 4) is 11.5 Å². The SMILES string of the molecule is Cc1ccc(-c2cnnc(N3CCC(c4ccc(F)cc4)C3)n2)o1. The fraction of sp³-hybridized carbons (Fsp3) is 0.278. The summed E-state index contributed by atoms with van der Waals surface area (Å²) < 4.78 is 18.7. The first-order valence-corrected chi connectivity index (χ1v) is 7.96. The Labute approximate surface area is 139 Å². The van der Waals surface area contributed by atoms with Crippen LogP contribution in [-0.2, 0) is 0 Å². The molecule has 0 N–H and O–H groups in total. The summed E-state index contributed by atoms with van der Waals surface area (Å²) in [5.41, 5.74) is 1.82. The van der Waals surface area contributed by atoms with Crippen LogP contribution in [0, 0.1) is 12.7 Å². The molecule has 4 rings (SSSR count). The minimum absolute atomic E-state index is 0.206. The molecule has 3 heterocycles. The Morgan fingerprint density at radius 3 is 2.75 bits per heavy atom. The zero-order chi connectivity index (χ0) is 16.5. The van der Waals surface area contributed by atoms with Gasteiger partial charge in [-0.3, -0.25) is 0 Å². The van der Waals surface area contributed by atoms with Crippen molar-refractivity contribution in [1.29, 1.82) is 0 Å². The molecule has 122 valence electrons. The summed E-state index contributed by atoms with van der Waals surface area (Å²) in [6, 6.07) is 10.5. The van der Waals surface area contributed by atoms with Crippen molar-refractivity contribution in [2.75, 3.05) is 18.0 Å². The molecule has 0 radical (unpaired) electrons.